The van der Waals surface area contributed by atoms with Crippen LogP contribution < -0.4 is 10.6 Å². The van der Waals surface area contributed by atoms with E-state index in [9.17, 15) is 9.59 Å². The first-order valence-electron chi connectivity index (χ1n) is 9.68. The molecule has 0 heterocycles. The molecular weight excluding hydrogens is 288 g/mol. The van der Waals surface area contributed by atoms with Gasteiger partial charge in [0, 0.05) is 12.6 Å². The number of hydrogen-bond acceptors (Lipinski definition) is 2. The van der Waals surface area contributed by atoms with E-state index >= 15 is 0 Å². The fraction of sp³-hybridized carbons (Fsp3) is 0.895. The van der Waals surface area contributed by atoms with Gasteiger partial charge >= 0.3 is 11.8 Å². The molecule has 1 aliphatic carbocycles. The molecule has 1 saturated carbocycles. The molecule has 1 aliphatic rings. The summed E-state index contributed by atoms with van der Waals surface area (Å²) in [6.45, 7) is 4.79. The minimum absolute atomic E-state index is 0.165. The van der Waals surface area contributed by atoms with Crippen molar-refractivity contribution in [1.29, 1.82) is 0 Å². The van der Waals surface area contributed by atoms with Gasteiger partial charge in [0.15, 0.2) is 0 Å². The molecule has 1 rings (SSSR count). The van der Waals surface area contributed by atoms with Crippen LogP contribution in [0.2, 0.25) is 0 Å². The van der Waals surface area contributed by atoms with E-state index in [4.69, 9.17) is 0 Å². The highest BCUT2D eigenvalue weighted by molar-refractivity contribution is 6.35. The second-order valence-corrected chi connectivity index (χ2v) is 7.37. The normalized spacial score (nSPS) is 18.7. The summed E-state index contributed by atoms with van der Waals surface area (Å²) in [4.78, 5) is 23.9. The Balaban J connectivity index is 2.33. The average Bonchev–Trinajstić information content (AvgIpc) is 2.49. The van der Waals surface area contributed by atoms with Crippen LogP contribution in [0.5, 0.6) is 0 Å². The predicted molar refractivity (Wildman–Crippen MR) is 95.2 cm³/mol. The highest BCUT2D eigenvalue weighted by atomic mass is 16.2. The Hall–Kier alpha value is -1.06. The summed E-state index contributed by atoms with van der Waals surface area (Å²) in [5.41, 5.74) is 0. The number of amides is 2. The van der Waals surface area contributed by atoms with Gasteiger partial charge in [-0.05, 0) is 25.2 Å². The molecule has 23 heavy (non-hydrogen) atoms. The lowest BCUT2D eigenvalue weighted by Gasteiger charge is -2.19. The number of rotatable bonds is 4. The van der Waals surface area contributed by atoms with E-state index in [1.807, 2.05) is 0 Å². The number of hydrogen-bond donors (Lipinski definition) is 2. The highest BCUT2D eigenvalue weighted by Crippen LogP contribution is 2.16. The SMILES string of the molecule is CC(C)CCNC(=O)C(=O)NC1CCCCCCCCCCC1. The lowest BCUT2D eigenvalue weighted by Crippen LogP contribution is -2.45. The number of carbonyl (C=O) groups is 2. The van der Waals surface area contributed by atoms with Crippen LogP contribution in [0.3, 0.4) is 0 Å². The van der Waals surface area contributed by atoms with Crippen LogP contribution >= 0.6 is 0 Å². The molecule has 4 nitrogen and oxygen atoms in total. The molecule has 0 aromatic carbocycles. The molecule has 0 bridgehead atoms. The predicted octanol–water partition coefficient (Wildman–Crippen LogP) is 3.94. The smallest absolute Gasteiger partial charge is 0.309 e. The fourth-order valence-electron chi connectivity index (χ4n) is 3.11. The van der Waals surface area contributed by atoms with Crippen molar-refractivity contribution in [2.24, 2.45) is 5.92 Å². The molecule has 2 amide bonds. The van der Waals surface area contributed by atoms with E-state index in [-0.39, 0.29) is 6.04 Å². The summed E-state index contributed by atoms with van der Waals surface area (Å²) >= 11 is 0. The van der Waals surface area contributed by atoms with Crippen LogP contribution in [0.15, 0.2) is 0 Å². The zero-order chi connectivity index (χ0) is 16.9. The quantitative estimate of drug-likeness (QED) is 0.770. The molecule has 134 valence electrons. The van der Waals surface area contributed by atoms with Crippen LogP contribution in [0.1, 0.15) is 90.9 Å². The lowest BCUT2D eigenvalue weighted by molar-refractivity contribution is -0.139. The zero-order valence-electron chi connectivity index (χ0n) is 15.2. The molecule has 0 atom stereocenters. The standard InChI is InChI=1S/C19H36N2O2/c1-16(2)14-15-20-18(22)19(23)21-17-12-10-8-6-4-3-5-7-9-11-13-17/h16-17H,3-15H2,1-2H3,(H,20,22)(H,21,23). The van der Waals surface area contributed by atoms with Gasteiger partial charge in [-0.3, -0.25) is 9.59 Å². The van der Waals surface area contributed by atoms with Gasteiger partial charge in [0.2, 0.25) is 0 Å². The monoisotopic (exact) mass is 324 g/mol. The third kappa shape index (κ3) is 10.4. The minimum Gasteiger partial charge on any atom is -0.348 e. The fourth-order valence-corrected chi connectivity index (χ4v) is 3.11. The summed E-state index contributed by atoms with van der Waals surface area (Å²) in [6.07, 6.45) is 14.4. The largest absolute Gasteiger partial charge is 0.348 e. The molecule has 0 spiro atoms. The first kappa shape index (κ1) is 20.0. The van der Waals surface area contributed by atoms with Crippen molar-refractivity contribution < 1.29 is 9.59 Å². The van der Waals surface area contributed by atoms with Crippen LogP contribution in [0.4, 0.5) is 0 Å². The summed E-state index contributed by atoms with van der Waals surface area (Å²) in [6, 6.07) is 0.165. The third-order valence-electron chi connectivity index (χ3n) is 4.65. The van der Waals surface area contributed by atoms with E-state index in [0.29, 0.717) is 12.5 Å². The minimum atomic E-state index is -0.475. The average molecular weight is 325 g/mol. The summed E-state index contributed by atoms with van der Waals surface area (Å²) < 4.78 is 0. The van der Waals surface area contributed by atoms with Crippen LogP contribution in [0, 0.1) is 5.92 Å². The van der Waals surface area contributed by atoms with E-state index < -0.39 is 11.8 Å². The van der Waals surface area contributed by atoms with Crippen molar-refractivity contribution in [2.75, 3.05) is 6.54 Å². The van der Waals surface area contributed by atoms with Crippen molar-refractivity contribution in [2.45, 2.75) is 96.9 Å². The van der Waals surface area contributed by atoms with Gasteiger partial charge in [0.05, 0.1) is 0 Å². The van der Waals surface area contributed by atoms with Crippen molar-refractivity contribution in [3.8, 4) is 0 Å². The van der Waals surface area contributed by atoms with Gasteiger partial charge in [0.25, 0.3) is 0 Å². The Morgan fingerprint density at radius 2 is 1.30 bits per heavy atom. The summed E-state index contributed by atoms with van der Waals surface area (Å²) in [5.74, 6) is -0.396. The van der Waals surface area contributed by atoms with Crippen molar-refractivity contribution in [3.63, 3.8) is 0 Å². The molecule has 0 aromatic rings. The van der Waals surface area contributed by atoms with Gasteiger partial charge in [-0.15, -0.1) is 0 Å². The summed E-state index contributed by atoms with van der Waals surface area (Å²) in [7, 11) is 0. The van der Waals surface area contributed by atoms with Gasteiger partial charge in [-0.2, -0.15) is 0 Å². The van der Waals surface area contributed by atoms with Gasteiger partial charge in [-0.25, -0.2) is 0 Å². The second-order valence-electron chi connectivity index (χ2n) is 7.37. The Morgan fingerprint density at radius 3 is 1.78 bits per heavy atom. The second kappa shape index (κ2) is 12.4. The van der Waals surface area contributed by atoms with Crippen molar-refractivity contribution in [3.05, 3.63) is 0 Å². The van der Waals surface area contributed by atoms with Gasteiger partial charge < -0.3 is 10.6 Å². The molecule has 0 aliphatic heterocycles. The van der Waals surface area contributed by atoms with Crippen molar-refractivity contribution in [1.82, 2.24) is 10.6 Å². The van der Waals surface area contributed by atoms with Crippen molar-refractivity contribution >= 4 is 11.8 Å². The Labute approximate surface area is 142 Å². The molecular formula is C19H36N2O2. The maximum absolute atomic E-state index is 12.0. The molecule has 1 fully saturated rings. The molecule has 2 N–H and O–H groups in total. The maximum atomic E-state index is 12.0. The molecule has 0 saturated heterocycles. The Bertz CT molecular complexity index is 330. The van der Waals surface area contributed by atoms with Gasteiger partial charge in [0.1, 0.15) is 0 Å². The lowest BCUT2D eigenvalue weighted by atomic mass is 9.98. The van der Waals surface area contributed by atoms with E-state index in [0.717, 1.165) is 32.1 Å². The first-order valence-corrected chi connectivity index (χ1v) is 9.68. The topological polar surface area (TPSA) is 58.2 Å². The van der Waals surface area contributed by atoms with E-state index in [2.05, 4.69) is 24.5 Å². The van der Waals surface area contributed by atoms with Gasteiger partial charge in [-0.1, -0.05) is 71.6 Å². The zero-order valence-corrected chi connectivity index (χ0v) is 15.2. The molecule has 0 unspecified atom stereocenters. The van der Waals surface area contributed by atoms with E-state index in [1.165, 1.54) is 44.9 Å². The number of carbonyl (C=O) groups excluding carboxylic acids is 2. The Kier molecular flexibility index (Phi) is 10.8. The van der Waals surface area contributed by atoms with Crippen LogP contribution in [0.25, 0.3) is 0 Å². The number of nitrogens with one attached hydrogen (secondary N) is 2. The highest BCUT2D eigenvalue weighted by Gasteiger charge is 2.18. The maximum Gasteiger partial charge on any atom is 0.309 e. The Morgan fingerprint density at radius 1 is 0.826 bits per heavy atom. The molecule has 0 aromatic heterocycles. The molecule has 4 heteroatoms. The third-order valence-corrected chi connectivity index (χ3v) is 4.65. The molecule has 0 radical (unpaired) electrons. The van der Waals surface area contributed by atoms with E-state index in [1.54, 1.807) is 0 Å². The van der Waals surface area contributed by atoms with Crippen LogP contribution in [-0.2, 0) is 9.59 Å². The van der Waals surface area contributed by atoms with Crippen LogP contribution in [-0.4, -0.2) is 24.4 Å². The summed E-state index contributed by atoms with van der Waals surface area (Å²) in [5, 5.41) is 5.68. The first-order chi connectivity index (χ1) is 11.1.